The van der Waals surface area contributed by atoms with E-state index in [0.717, 1.165) is 77.0 Å². The van der Waals surface area contributed by atoms with Gasteiger partial charge in [0.25, 0.3) is 0 Å². The molecule has 0 bridgehead atoms. The normalized spacial score (nSPS) is 11.4. The largest absolute Gasteiger partial charge is 0.478 e. The van der Waals surface area contributed by atoms with E-state index in [2.05, 4.69) is 452 Å². The van der Waals surface area contributed by atoms with E-state index in [1.54, 1.807) is 6.07 Å². The zero-order valence-corrected chi connectivity index (χ0v) is 68.4. The topological polar surface area (TPSA) is 65.0 Å². The van der Waals surface area contributed by atoms with E-state index in [1.165, 1.54) is 0 Å². The summed E-state index contributed by atoms with van der Waals surface area (Å²) in [6.07, 6.45) is 0. The van der Waals surface area contributed by atoms with Crippen LogP contribution in [0.1, 0.15) is 10.4 Å². The van der Waals surface area contributed by atoms with Crippen LogP contribution >= 0.6 is 452 Å². The molecule has 5 aromatic carbocycles. The molecule has 5 aromatic rings. The number of ether oxygens (including phenoxy) is 3. The number of rotatable bonds is 8. The highest BCUT2D eigenvalue weighted by atomic mass is 127. The van der Waals surface area contributed by atoms with Crippen molar-refractivity contribution < 1.29 is 24.1 Å². The highest BCUT2D eigenvalue weighted by molar-refractivity contribution is 14.1. The second-order valence-electron chi connectivity index (χ2n) is 10.2. The van der Waals surface area contributed by atoms with Gasteiger partial charge in [-0.25, -0.2) is 4.79 Å². The number of hydrogen-bond donors (Lipinski definition) is 1. The first-order valence-electron chi connectivity index (χ1n) is 13.5. The van der Waals surface area contributed by atoms with Gasteiger partial charge in [0.05, 0.1) is 27.0 Å². The van der Waals surface area contributed by atoms with Crippen molar-refractivity contribution in [3.63, 3.8) is 0 Å². The molecule has 0 saturated carbocycles. The van der Waals surface area contributed by atoms with Crippen LogP contribution in [0.4, 0.5) is 0 Å². The van der Waals surface area contributed by atoms with Crippen LogP contribution in [0.3, 0.4) is 0 Å². The second-order valence-corrected chi connectivity index (χ2v) is 31.8. The zero-order chi connectivity index (χ0) is 42.1. The summed E-state index contributed by atoms with van der Waals surface area (Å²) in [6, 6.07) is 1.60. The lowest BCUT2D eigenvalue weighted by atomic mass is 9.97. The number of carboxylic acid groups (broad SMARTS) is 1. The number of aromatic carboxylic acids is 1. The van der Waals surface area contributed by atoms with Crippen LogP contribution in [0, 0.1) is 71.4 Å². The van der Waals surface area contributed by atoms with Crippen molar-refractivity contribution in [3.8, 4) is 45.6 Å². The molecular weight excluding hydrogens is 2990 g/mol. The average molecular weight is 2990 g/mol. The van der Waals surface area contributed by atoms with Crippen LogP contribution in [0.5, 0.6) is 34.5 Å². The number of halogens is 20. The van der Waals surface area contributed by atoms with Gasteiger partial charge in [-0.05, 0) is 452 Å². The van der Waals surface area contributed by atoms with Gasteiger partial charge in [0.1, 0.15) is 0 Å². The summed E-state index contributed by atoms with van der Waals surface area (Å²) in [5.41, 5.74) is 1.19. The minimum atomic E-state index is -1.12. The second kappa shape index (κ2) is 24.3. The summed E-state index contributed by atoms with van der Waals surface area (Å²) < 4.78 is 41.7. The lowest BCUT2D eigenvalue weighted by Gasteiger charge is -2.26. The minimum absolute atomic E-state index is 0.0296. The Labute approximate surface area is 594 Å². The SMILES string of the molecule is O=C(O)c1cc(Oc2c(I)c(I)c(I)c(I)c2I)c(Oc2c(I)c(I)c(I)c(I)c2I)c(Oc2c(I)c(I)c(I)c(I)c2I)c1-c1c(I)c(I)c(I)c(I)c1I. The lowest BCUT2D eigenvalue weighted by Crippen LogP contribution is -2.11. The van der Waals surface area contributed by atoms with Gasteiger partial charge in [-0.3, -0.25) is 0 Å². The number of benzene rings is 5. The Morgan fingerprint density at radius 1 is 0.321 bits per heavy atom. The summed E-state index contributed by atoms with van der Waals surface area (Å²) in [7, 11) is 0. The lowest BCUT2D eigenvalue weighted by molar-refractivity contribution is 0.0697. The molecule has 0 unspecified atom stereocenters. The third-order valence-corrected chi connectivity index (χ3v) is 44.8. The highest BCUT2D eigenvalue weighted by Gasteiger charge is 2.35. The van der Waals surface area contributed by atoms with E-state index >= 15 is 0 Å². The van der Waals surface area contributed by atoms with E-state index in [4.69, 9.17) is 14.2 Å². The molecule has 296 valence electrons. The van der Waals surface area contributed by atoms with Crippen LogP contribution in [0.15, 0.2) is 6.07 Å². The third kappa shape index (κ3) is 11.7. The van der Waals surface area contributed by atoms with Crippen molar-refractivity contribution in [1.82, 2.24) is 0 Å². The van der Waals surface area contributed by atoms with Crippen LogP contribution < -0.4 is 14.2 Å². The van der Waals surface area contributed by atoms with Crippen molar-refractivity contribution in [2.24, 2.45) is 0 Å². The fraction of sp³-hybridized carbons (Fsp3) is 0. The molecule has 5 nitrogen and oxygen atoms in total. The average Bonchev–Trinajstić information content (AvgIpc) is 3.17. The van der Waals surface area contributed by atoms with Gasteiger partial charge < -0.3 is 19.3 Å². The van der Waals surface area contributed by atoms with Crippen LogP contribution in [-0.4, -0.2) is 11.1 Å². The van der Waals surface area contributed by atoms with Gasteiger partial charge in [-0.2, -0.15) is 0 Å². The molecule has 0 amide bonds. The molecule has 56 heavy (non-hydrogen) atoms. The Morgan fingerprint density at radius 3 is 0.875 bits per heavy atom. The molecule has 0 fully saturated rings. The Balaban J connectivity index is 2.10. The van der Waals surface area contributed by atoms with Gasteiger partial charge >= 0.3 is 5.97 Å². The van der Waals surface area contributed by atoms with Gasteiger partial charge in [0, 0.05) is 67.2 Å². The monoisotopic (exact) mass is 2990 g/mol. The van der Waals surface area contributed by atoms with E-state index in [-0.39, 0.29) is 22.8 Å². The molecule has 0 radical (unpaired) electrons. The minimum Gasteiger partial charge on any atom is -0.478 e. The van der Waals surface area contributed by atoms with Crippen molar-refractivity contribution in [2.75, 3.05) is 0 Å². The molecular formula is C31H2I20O5. The van der Waals surface area contributed by atoms with Crippen molar-refractivity contribution in [1.29, 1.82) is 0 Å². The highest BCUT2D eigenvalue weighted by Crippen LogP contribution is 2.57. The number of hydrogen-bond acceptors (Lipinski definition) is 4. The van der Waals surface area contributed by atoms with Crippen molar-refractivity contribution in [2.45, 2.75) is 0 Å². The third-order valence-electron chi connectivity index (χ3n) is 7.02. The Kier molecular flexibility index (Phi) is 24.5. The molecule has 25 heteroatoms. The van der Waals surface area contributed by atoms with Gasteiger partial charge in [0.15, 0.2) is 28.7 Å². The van der Waals surface area contributed by atoms with Crippen LogP contribution in [0.25, 0.3) is 11.1 Å². The first-order valence-corrected chi connectivity index (χ1v) is 35.1. The van der Waals surface area contributed by atoms with Gasteiger partial charge in [0.2, 0.25) is 5.75 Å². The molecule has 0 atom stereocenters. The summed E-state index contributed by atoms with van der Waals surface area (Å²) in [5.74, 6) is 1.48. The molecule has 0 heterocycles. The quantitative estimate of drug-likeness (QED) is 0.0953. The molecule has 0 aliphatic carbocycles. The van der Waals surface area contributed by atoms with Gasteiger partial charge in [-0.15, -0.1) is 0 Å². The van der Waals surface area contributed by atoms with Crippen LogP contribution in [0.2, 0.25) is 0 Å². The first-order chi connectivity index (χ1) is 26.0. The maximum absolute atomic E-state index is 13.8. The molecule has 0 aliphatic rings. The van der Waals surface area contributed by atoms with E-state index < -0.39 is 5.97 Å². The van der Waals surface area contributed by atoms with Gasteiger partial charge in [-0.1, -0.05) is 0 Å². The Bertz CT molecular complexity index is 2440. The summed E-state index contributed by atoms with van der Waals surface area (Å²) in [6.45, 7) is 0. The molecule has 0 spiro atoms. The molecule has 0 saturated heterocycles. The predicted molar refractivity (Wildman–Crippen MR) is 393 cm³/mol. The molecule has 0 aliphatic heterocycles. The standard InChI is InChI=1S/C31H2I20O5/c32-6-5(7(33)9(35)10(36)8(6)34)4-2(31(52)53)1-3(54-28-20(46)14(40)11(37)15(41)21(28)47)26(55-29-22(48)16(42)12(38)17(43)23(29)49)27(4)56-30-24(50)18(44)13(39)19(45)25(30)51/h1H,(H,52,53). The maximum atomic E-state index is 13.8. The molecule has 0 aromatic heterocycles. The predicted octanol–water partition coefficient (Wildman–Crippen LogP) is 20.5. The zero-order valence-electron chi connectivity index (χ0n) is 25.2. The van der Waals surface area contributed by atoms with E-state index in [9.17, 15) is 9.90 Å². The van der Waals surface area contributed by atoms with Crippen LogP contribution in [-0.2, 0) is 0 Å². The van der Waals surface area contributed by atoms with Crippen molar-refractivity contribution in [3.05, 3.63) is 83.0 Å². The number of carbonyl (C=O) groups is 1. The number of carboxylic acids is 1. The Morgan fingerprint density at radius 2 is 0.571 bits per heavy atom. The maximum Gasteiger partial charge on any atom is 0.336 e. The smallest absolute Gasteiger partial charge is 0.336 e. The molecule has 1 N–H and O–H groups in total. The summed E-state index contributed by atoms with van der Waals surface area (Å²) in [4.78, 5) is 13.8. The van der Waals surface area contributed by atoms with Crippen molar-refractivity contribution >= 4 is 458 Å². The fourth-order valence-electron chi connectivity index (χ4n) is 4.46. The van der Waals surface area contributed by atoms with E-state index in [0.29, 0.717) is 22.8 Å². The Hall–Kier alpha value is 9.57. The first kappa shape index (κ1) is 56.5. The fourth-order valence-corrected chi connectivity index (χ4v) is 24.6. The summed E-state index contributed by atoms with van der Waals surface area (Å²) >= 11 is 47.0. The molecule has 5 rings (SSSR count). The summed E-state index contributed by atoms with van der Waals surface area (Å²) in [5, 5.41) is 11.2. The van der Waals surface area contributed by atoms with E-state index in [1.807, 2.05) is 0 Å².